The molecule has 190 valence electrons. The minimum Gasteiger partial charge on any atom is -0.369 e. The van der Waals surface area contributed by atoms with Crippen LogP contribution in [-0.4, -0.2) is 47.9 Å². The average molecular weight is 500 g/mol. The van der Waals surface area contributed by atoms with Gasteiger partial charge in [0.05, 0.1) is 22.9 Å². The van der Waals surface area contributed by atoms with E-state index in [1.54, 1.807) is 37.3 Å². The second-order valence-electron chi connectivity index (χ2n) is 9.24. The molecule has 0 spiro atoms. The maximum atomic E-state index is 13.6. The summed E-state index contributed by atoms with van der Waals surface area (Å²) in [6.07, 6.45) is 2.41. The van der Waals surface area contributed by atoms with Crippen molar-refractivity contribution < 1.29 is 14.0 Å². The van der Waals surface area contributed by atoms with Gasteiger partial charge in [0.15, 0.2) is 0 Å². The summed E-state index contributed by atoms with van der Waals surface area (Å²) in [6, 6.07) is 19.2. The monoisotopic (exact) mass is 499 g/mol. The first-order valence-electron chi connectivity index (χ1n) is 12.5. The smallest absolute Gasteiger partial charge is 0.255 e. The zero-order valence-corrected chi connectivity index (χ0v) is 20.8. The average Bonchev–Trinajstić information content (AvgIpc) is 2.92. The van der Waals surface area contributed by atoms with E-state index in [0.717, 1.165) is 24.9 Å². The molecule has 4 rings (SSSR count). The molecule has 0 aliphatic carbocycles. The van der Waals surface area contributed by atoms with Gasteiger partial charge in [-0.3, -0.25) is 9.59 Å². The van der Waals surface area contributed by atoms with Crippen LogP contribution in [0.25, 0.3) is 11.3 Å². The molecule has 2 heterocycles. The molecular weight excluding hydrogens is 469 g/mol. The zero-order chi connectivity index (χ0) is 26.2. The molecule has 1 atom stereocenters. The van der Waals surface area contributed by atoms with Gasteiger partial charge in [0.25, 0.3) is 5.91 Å². The molecular formula is C29H30FN5O2. The molecule has 0 bridgehead atoms. The summed E-state index contributed by atoms with van der Waals surface area (Å²) in [5.41, 5.74) is 2.96. The zero-order valence-electron chi connectivity index (χ0n) is 20.8. The van der Waals surface area contributed by atoms with E-state index in [-0.39, 0.29) is 23.5 Å². The third-order valence-corrected chi connectivity index (χ3v) is 6.57. The van der Waals surface area contributed by atoms with Crippen molar-refractivity contribution in [2.45, 2.75) is 26.2 Å². The number of likely N-dealkylation sites (tertiary alicyclic amines) is 1. The lowest BCUT2D eigenvalue weighted by Crippen LogP contribution is -2.42. The van der Waals surface area contributed by atoms with Crippen molar-refractivity contribution in [1.29, 1.82) is 5.26 Å². The normalized spacial score (nSPS) is 15.1. The third kappa shape index (κ3) is 6.70. The Labute approximate surface area is 216 Å². The van der Waals surface area contributed by atoms with Crippen LogP contribution >= 0.6 is 0 Å². The van der Waals surface area contributed by atoms with Gasteiger partial charge >= 0.3 is 0 Å². The first kappa shape index (κ1) is 25.8. The summed E-state index contributed by atoms with van der Waals surface area (Å²) in [7, 11) is 0. The molecule has 3 aromatic rings. The molecule has 1 saturated heterocycles. The largest absolute Gasteiger partial charge is 0.369 e. The number of hydrogen-bond donors (Lipinski definition) is 2. The molecule has 7 nitrogen and oxygen atoms in total. The predicted octanol–water partition coefficient (Wildman–Crippen LogP) is 4.40. The number of hydrogen-bond acceptors (Lipinski definition) is 5. The van der Waals surface area contributed by atoms with Crippen molar-refractivity contribution in [2.75, 3.05) is 31.5 Å². The van der Waals surface area contributed by atoms with E-state index in [2.05, 4.69) is 16.7 Å². The van der Waals surface area contributed by atoms with Gasteiger partial charge in [-0.2, -0.15) is 5.26 Å². The summed E-state index contributed by atoms with van der Waals surface area (Å²) < 4.78 is 13.6. The maximum absolute atomic E-state index is 13.6. The van der Waals surface area contributed by atoms with Gasteiger partial charge in [-0.1, -0.05) is 30.3 Å². The number of carbonyl (C=O) groups excluding carboxylic acids is 2. The molecule has 2 aromatic carbocycles. The first-order valence-corrected chi connectivity index (χ1v) is 12.5. The minimum absolute atomic E-state index is 0.0539. The molecule has 1 aliphatic heterocycles. The topological polar surface area (TPSA) is 98.1 Å². The molecule has 37 heavy (non-hydrogen) atoms. The maximum Gasteiger partial charge on any atom is 0.255 e. The van der Waals surface area contributed by atoms with Crippen LogP contribution in [0.2, 0.25) is 0 Å². The number of piperidine rings is 1. The van der Waals surface area contributed by atoms with E-state index >= 15 is 0 Å². The SMILES string of the molecule is CC(=O)N1CCC[C@@H](CNC(=O)c2ccc(-c3ccccc3C#N)nc2NCCc2cccc(F)c2)C1. The summed E-state index contributed by atoms with van der Waals surface area (Å²) >= 11 is 0. The fraction of sp³-hybridized carbons (Fsp3) is 0.310. The second-order valence-corrected chi connectivity index (χ2v) is 9.24. The molecule has 0 saturated carbocycles. The number of amides is 2. The van der Waals surface area contributed by atoms with Gasteiger partial charge in [-0.25, -0.2) is 9.37 Å². The number of rotatable bonds is 8. The molecule has 1 fully saturated rings. The number of nitrogens with zero attached hydrogens (tertiary/aromatic N) is 3. The summed E-state index contributed by atoms with van der Waals surface area (Å²) in [4.78, 5) is 31.5. The second kappa shape index (κ2) is 12.1. The van der Waals surface area contributed by atoms with Crippen molar-refractivity contribution in [3.05, 3.63) is 83.2 Å². The van der Waals surface area contributed by atoms with Gasteiger partial charge in [-0.15, -0.1) is 0 Å². The van der Waals surface area contributed by atoms with E-state index in [9.17, 15) is 19.2 Å². The van der Waals surface area contributed by atoms with Crippen LogP contribution in [-0.2, 0) is 11.2 Å². The molecule has 0 unspecified atom stereocenters. The lowest BCUT2D eigenvalue weighted by molar-refractivity contribution is -0.130. The van der Waals surface area contributed by atoms with Gasteiger partial charge in [0, 0.05) is 38.7 Å². The molecule has 1 aromatic heterocycles. The van der Waals surface area contributed by atoms with Crippen molar-refractivity contribution in [2.24, 2.45) is 5.92 Å². The fourth-order valence-corrected chi connectivity index (χ4v) is 4.60. The van der Waals surface area contributed by atoms with Crippen molar-refractivity contribution in [1.82, 2.24) is 15.2 Å². The number of benzene rings is 2. The van der Waals surface area contributed by atoms with Crippen molar-refractivity contribution >= 4 is 17.6 Å². The molecule has 2 amide bonds. The highest BCUT2D eigenvalue weighted by Gasteiger charge is 2.23. The van der Waals surface area contributed by atoms with E-state index < -0.39 is 0 Å². The minimum atomic E-state index is -0.295. The quantitative estimate of drug-likeness (QED) is 0.479. The Bertz CT molecular complexity index is 1320. The van der Waals surface area contributed by atoms with Crippen LogP contribution in [0.5, 0.6) is 0 Å². The number of halogens is 1. The highest BCUT2D eigenvalue weighted by atomic mass is 19.1. The molecule has 0 radical (unpaired) electrons. The van der Waals surface area contributed by atoms with Gasteiger partial charge in [0.2, 0.25) is 5.91 Å². The van der Waals surface area contributed by atoms with Crippen LogP contribution in [0.3, 0.4) is 0 Å². The van der Waals surface area contributed by atoms with E-state index in [0.29, 0.717) is 54.3 Å². The Morgan fingerprint density at radius 1 is 1.16 bits per heavy atom. The predicted molar refractivity (Wildman–Crippen MR) is 140 cm³/mol. The number of aromatic nitrogens is 1. The Hall–Kier alpha value is -4.25. The Morgan fingerprint density at radius 2 is 2.00 bits per heavy atom. The van der Waals surface area contributed by atoms with Gasteiger partial charge in [0.1, 0.15) is 11.6 Å². The Balaban J connectivity index is 1.52. The lowest BCUT2D eigenvalue weighted by Gasteiger charge is -2.32. The van der Waals surface area contributed by atoms with E-state index in [4.69, 9.17) is 4.98 Å². The third-order valence-electron chi connectivity index (χ3n) is 6.57. The van der Waals surface area contributed by atoms with E-state index in [1.165, 1.54) is 12.1 Å². The number of nitrogens with one attached hydrogen (secondary N) is 2. The molecule has 1 aliphatic rings. The fourth-order valence-electron chi connectivity index (χ4n) is 4.60. The Morgan fingerprint density at radius 3 is 2.78 bits per heavy atom. The Kier molecular flexibility index (Phi) is 8.47. The number of carbonyl (C=O) groups is 2. The van der Waals surface area contributed by atoms with Crippen molar-refractivity contribution in [3.8, 4) is 17.3 Å². The highest BCUT2D eigenvalue weighted by molar-refractivity contribution is 5.99. The molecule has 2 N–H and O–H groups in total. The number of anilines is 1. The van der Waals surface area contributed by atoms with E-state index in [1.807, 2.05) is 23.1 Å². The standard InChI is InChI=1S/C29H30FN5O2/c1-20(36)35-15-5-7-22(19-35)18-33-29(37)26-11-12-27(25-10-3-2-8-23(25)17-31)34-28(26)32-14-13-21-6-4-9-24(30)16-21/h2-4,6,8-12,16,22H,5,7,13-15,18-19H2,1H3,(H,32,34)(H,33,37)/t22-/m0/s1. The summed E-state index contributed by atoms with van der Waals surface area (Å²) in [5.74, 6) is 0.0878. The van der Waals surface area contributed by atoms with Gasteiger partial charge < -0.3 is 15.5 Å². The van der Waals surface area contributed by atoms with Crippen molar-refractivity contribution in [3.63, 3.8) is 0 Å². The molecule has 8 heteroatoms. The number of pyridine rings is 1. The van der Waals surface area contributed by atoms with Crippen LogP contribution in [0.15, 0.2) is 60.7 Å². The number of nitriles is 1. The first-order chi connectivity index (χ1) is 17.9. The van der Waals surface area contributed by atoms with Crippen LogP contribution in [0.4, 0.5) is 10.2 Å². The highest BCUT2D eigenvalue weighted by Crippen LogP contribution is 2.25. The van der Waals surface area contributed by atoms with Crippen LogP contribution in [0.1, 0.15) is 41.3 Å². The summed E-state index contributed by atoms with van der Waals surface area (Å²) in [5, 5.41) is 15.8. The van der Waals surface area contributed by atoms with Crippen LogP contribution in [0, 0.1) is 23.1 Å². The van der Waals surface area contributed by atoms with Gasteiger partial charge in [-0.05, 0) is 61.1 Å². The van der Waals surface area contributed by atoms with Crippen LogP contribution < -0.4 is 10.6 Å². The summed E-state index contributed by atoms with van der Waals surface area (Å²) in [6.45, 7) is 3.87. The lowest BCUT2D eigenvalue weighted by atomic mass is 9.98.